The molecule has 104 valence electrons. The Morgan fingerprint density at radius 3 is 1.56 bits per heavy atom. The highest BCUT2D eigenvalue weighted by atomic mass is 16.1. The van der Waals surface area contributed by atoms with Crippen LogP contribution in [0, 0.1) is 0 Å². The van der Waals surface area contributed by atoms with Gasteiger partial charge < -0.3 is 0 Å². The summed E-state index contributed by atoms with van der Waals surface area (Å²) in [5.74, 6) is -0.0818. The maximum Gasteiger partial charge on any atom is 0.160 e. The van der Waals surface area contributed by atoms with Crippen LogP contribution in [0.5, 0.6) is 0 Å². The number of Topliss-reactive ketones (excluding diaryl/α,β-unsaturated/α-hetero) is 2. The first-order valence-corrected chi connectivity index (χ1v) is 6.42. The lowest BCUT2D eigenvalue weighted by atomic mass is 10.0. The zero-order valence-electron chi connectivity index (χ0n) is 12.8. The van der Waals surface area contributed by atoms with E-state index in [1.54, 1.807) is 0 Å². The first-order chi connectivity index (χ1) is 8.44. The molecule has 0 aromatic rings. The Balaban J connectivity index is -0.000000389. The van der Waals surface area contributed by atoms with Crippen molar-refractivity contribution >= 4 is 11.6 Å². The fraction of sp³-hybridized carbons (Fsp3) is 0.500. The molecule has 0 fully saturated rings. The van der Waals surface area contributed by atoms with Crippen LogP contribution in [0.4, 0.5) is 0 Å². The number of ketones is 2. The highest BCUT2D eigenvalue weighted by Gasteiger charge is 2.07. The molecule has 0 amide bonds. The molecule has 0 aliphatic heterocycles. The maximum atomic E-state index is 11.1. The lowest BCUT2D eigenvalue weighted by Crippen LogP contribution is -2.01. The molecule has 0 aliphatic carbocycles. The van der Waals surface area contributed by atoms with E-state index >= 15 is 0 Å². The molecule has 0 spiro atoms. The van der Waals surface area contributed by atoms with Gasteiger partial charge in [0.25, 0.3) is 0 Å². The number of hydrogen-bond acceptors (Lipinski definition) is 2. The van der Waals surface area contributed by atoms with Crippen molar-refractivity contribution in [2.45, 2.75) is 54.4 Å². The molecule has 0 N–H and O–H groups in total. The third kappa shape index (κ3) is 12.6. The van der Waals surface area contributed by atoms with Crippen molar-refractivity contribution < 1.29 is 9.59 Å². The van der Waals surface area contributed by atoms with E-state index in [2.05, 4.69) is 27.0 Å². The monoisotopic (exact) mass is 252 g/mol. The van der Waals surface area contributed by atoms with Crippen LogP contribution in [-0.2, 0) is 9.59 Å². The fourth-order valence-corrected chi connectivity index (χ4v) is 1.05. The number of allylic oxidation sites excluding steroid dienone is 4. The summed E-state index contributed by atoms with van der Waals surface area (Å²) in [6, 6.07) is 0. The van der Waals surface area contributed by atoms with Crippen LogP contribution in [0.3, 0.4) is 0 Å². The highest BCUT2D eigenvalue weighted by Crippen LogP contribution is 2.12. The summed E-state index contributed by atoms with van der Waals surface area (Å²) in [5.41, 5.74) is 1.13. The van der Waals surface area contributed by atoms with Crippen molar-refractivity contribution in [3.63, 3.8) is 0 Å². The van der Waals surface area contributed by atoms with Gasteiger partial charge in [0.1, 0.15) is 5.78 Å². The normalized spacial score (nSPS) is 9.67. The fourth-order valence-electron chi connectivity index (χ4n) is 1.05. The molecule has 0 aromatic carbocycles. The van der Waals surface area contributed by atoms with Gasteiger partial charge in [0.05, 0.1) is 0 Å². The quantitative estimate of drug-likeness (QED) is 0.526. The Hall–Kier alpha value is -1.44. The van der Waals surface area contributed by atoms with Gasteiger partial charge >= 0.3 is 0 Å². The van der Waals surface area contributed by atoms with Crippen LogP contribution in [0.15, 0.2) is 36.5 Å². The summed E-state index contributed by atoms with van der Waals surface area (Å²) in [6.45, 7) is 18.2. The van der Waals surface area contributed by atoms with Crippen molar-refractivity contribution in [2.24, 2.45) is 0 Å². The second kappa shape index (κ2) is 15.6. The second-order valence-electron chi connectivity index (χ2n) is 3.49. The Bertz CT molecular complexity index is 296. The SMILES string of the molecule is C=C/C(CC(C)=O)=C(\C=C)C(C)=O.CC.CCC. The Kier molecular flexibility index (Phi) is 18.8. The number of carbonyl (C=O) groups is 2. The Labute approximate surface area is 112 Å². The van der Waals surface area contributed by atoms with E-state index in [1.165, 1.54) is 32.4 Å². The predicted octanol–water partition coefficient (Wildman–Crippen LogP) is 4.67. The van der Waals surface area contributed by atoms with E-state index in [-0.39, 0.29) is 18.0 Å². The first kappa shape index (κ1) is 21.8. The van der Waals surface area contributed by atoms with Crippen LogP contribution in [-0.4, -0.2) is 11.6 Å². The minimum atomic E-state index is -0.0915. The van der Waals surface area contributed by atoms with Gasteiger partial charge in [-0.25, -0.2) is 0 Å². The highest BCUT2D eigenvalue weighted by molar-refractivity contribution is 5.98. The molecule has 0 saturated heterocycles. The van der Waals surface area contributed by atoms with Crippen molar-refractivity contribution in [1.82, 2.24) is 0 Å². The smallest absolute Gasteiger partial charge is 0.160 e. The van der Waals surface area contributed by atoms with Crippen LogP contribution >= 0.6 is 0 Å². The predicted molar refractivity (Wildman–Crippen MR) is 80.7 cm³/mol. The molecule has 0 atom stereocenters. The number of carbonyl (C=O) groups excluding carboxylic acids is 2. The first-order valence-electron chi connectivity index (χ1n) is 6.42. The minimum absolute atomic E-state index is 0.00972. The van der Waals surface area contributed by atoms with Crippen molar-refractivity contribution in [1.29, 1.82) is 0 Å². The molecule has 2 nitrogen and oxygen atoms in total. The van der Waals surface area contributed by atoms with E-state index in [9.17, 15) is 9.59 Å². The van der Waals surface area contributed by atoms with E-state index in [0.717, 1.165) is 0 Å². The van der Waals surface area contributed by atoms with Crippen molar-refractivity contribution in [3.05, 3.63) is 36.5 Å². The van der Waals surface area contributed by atoms with E-state index in [1.807, 2.05) is 13.8 Å². The summed E-state index contributed by atoms with van der Waals surface area (Å²) >= 11 is 0. The van der Waals surface area contributed by atoms with E-state index in [4.69, 9.17) is 0 Å². The Morgan fingerprint density at radius 1 is 1.00 bits per heavy atom. The molecule has 0 unspecified atom stereocenters. The summed E-state index contributed by atoms with van der Waals surface area (Å²) in [4.78, 5) is 21.9. The molecule has 2 heteroatoms. The van der Waals surface area contributed by atoms with Gasteiger partial charge in [0.2, 0.25) is 0 Å². The van der Waals surface area contributed by atoms with Gasteiger partial charge in [-0.15, -0.1) is 0 Å². The average Bonchev–Trinajstić information content (AvgIpc) is 2.31. The molecule has 0 aliphatic rings. The van der Waals surface area contributed by atoms with Gasteiger partial charge in [-0.3, -0.25) is 9.59 Å². The van der Waals surface area contributed by atoms with Crippen molar-refractivity contribution in [3.8, 4) is 0 Å². The van der Waals surface area contributed by atoms with E-state index < -0.39 is 0 Å². The zero-order chi connectivity index (χ0) is 15.1. The van der Waals surface area contributed by atoms with Gasteiger partial charge in [0, 0.05) is 12.0 Å². The summed E-state index contributed by atoms with van der Waals surface area (Å²) in [7, 11) is 0. The molecule has 0 radical (unpaired) electrons. The Morgan fingerprint density at radius 2 is 1.39 bits per heavy atom. The summed E-state index contributed by atoms with van der Waals surface area (Å²) in [6.07, 6.45) is 4.48. The second-order valence-corrected chi connectivity index (χ2v) is 3.49. The standard InChI is InChI=1S/C11H14O2.C3H8.C2H6/c1-5-10(7-8(3)12)11(6-2)9(4)13;1-3-2;1-2/h5-6H,1-2,7H2,3-4H3;3H2,1-2H3;1-2H3/b11-10-;;. The lowest BCUT2D eigenvalue weighted by Gasteiger charge is -2.03. The van der Waals surface area contributed by atoms with Crippen LogP contribution < -0.4 is 0 Å². The lowest BCUT2D eigenvalue weighted by molar-refractivity contribution is -0.116. The number of rotatable bonds is 5. The van der Waals surface area contributed by atoms with Crippen molar-refractivity contribution in [2.75, 3.05) is 0 Å². The summed E-state index contributed by atoms with van der Waals surface area (Å²) in [5, 5.41) is 0. The van der Waals surface area contributed by atoms with Crippen LogP contribution in [0.25, 0.3) is 0 Å². The molecule has 0 bridgehead atoms. The molecule has 0 rings (SSSR count). The van der Waals surface area contributed by atoms with Gasteiger partial charge in [0.15, 0.2) is 5.78 Å². The molecule has 18 heavy (non-hydrogen) atoms. The largest absolute Gasteiger partial charge is 0.300 e. The third-order valence-corrected chi connectivity index (χ3v) is 1.62. The minimum Gasteiger partial charge on any atom is -0.300 e. The average molecular weight is 252 g/mol. The van der Waals surface area contributed by atoms with Gasteiger partial charge in [-0.05, 0) is 19.4 Å². The number of hydrogen-bond donors (Lipinski definition) is 0. The topological polar surface area (TPSA) is 34.1 Å². The van der Waals surface area contributed by atoms with Crippen LogP contribution in [0.2, 0.25) is 0 Å². The molecular formula is C16H28O2. The molecule has 0 saturated carbocycles. The zero-order valence-corrected chi connectivity index (χ0v) is 12.8. The molecule has 0 heterocycles. The van der Waals surface area contributed by atoms with Gasteiger partial charge in [-0.1, -0.05) is 59.4 Å². The molecular weight excluding hydrogens is 224 g/mol. The maximum absolute atomic E-state index is 11.1. The van der Waals surface area contributed by atoms with Crippen LogP contribution in [0.1, 0.15) is 54.4 Å². The molecule has 0 aromatic heterocycles. The van der Waals surface area contributed by atoms with E-state index in [0.29, 0.717) is 11.1 Å². The third-order valence-electron chi connectivity index (χ3n) is 1.62. The summed E-state index contributed by atoms with van der Waals surface area (Å²) < 4.78 is 0. The van der Waals surface area contributed by atoms with Gasteiger partial charge in [-0.2, -0.15) is 0 Å².